The third kappa shape index (κ3) is 4.37. The molecule has 1 unspecified atom stereocenters. The van der Waals surface area contributed by atoms with Crippen LogP contribution in [0.1, 0.15) is 12.0 Å². The molecule has 2 aliphatic rings. The van der Waals surface area contributed by atoms with E-state index in [9.17, 15) is 26.4 Å². The zero-order valence-corrected chi connectivity index (χ0v) is 20.9. The molecule has 0 aliphatic carbocycles. The maximum Gasteiger partial charge on any atom is 0.253 e. The average Bonchev–Trinajstić information content (AvgIpc) is 3.58. The fourth-order valence-corrected chi connectivity index (χ4v) is 7.21. The van der Waals surface area contributed by atoms with Gasteiger partial charge in [-0.3, -0.25) is 9.59 Å². The lowest BCUT2D eigenvalue weighted by Gasteiger charge is -2.26. The molecule has 3 heterocycles. The number of rotatable bonds is 7. The van der Waals surface area contributed by atoms with E-state index in [4.69, 9.17) is 14.6 Å². The van der Waals surface area contributed by atoms with Crippen LogP contribution < -0.4 is 19.5 Å². The molecular formula is C22H19N3O8S3. The zero-order valence-electron chi connectivity index (χ0n) is 18.4. The Morgan fingerprint density at radius 1 is 1.00 bits per heavy atom. The SMILES string of the molecule is NS(=O)(=O)c1ccc(N2C(=O)CC(N(Cc3ccc4c(c3)OCO4)S(=O)(=O)c3cccs3)C2=O)cc1. The first kappa shape index (κ1) is 24.4. The molecular weight excluding hydrogens is 530 g/mol. The number of imide groups is 1. The first-order chi connectivity index (χ1) is 17.1. The van der Waals surface area contributed by atoms with Crippen LogP contribution >= 0.6 is 11.3 Å². The molecule has 0 saturated carbocycles. The van der Waals surface area contributed by atoms with E-state index in [0.717, 1.165) is 20.5 Å². The first-order valence-electron chi connectivity index (χ1n) is 10.5. The van der Waals surface area contributed by atoms with Gasteiger partial charge in [0, 0.05) is 6.54 Å². The quantitative estimate of drug-likeness (QED) is 0.437. The molecule has 2 N–H and O–H groups in total. The molecule has 2 aliphatic heterocycles. The molecule has 0 radical (unpaired) electrons. The number of benzene rings is 2. The minimum absolute atomic E-state index is 0.0273. The molecule has 0 spiro atoms. The Morgan fingerprint density at radius 3 is 2.39 bits per heavy atom. The maximum absolute atomic E-state index is 13.6. The lowest BCUT2D eigenvalue weighted by Crippen LogP contribution is -2.44. The highest BCUT2D eigenvalue weighted by Gasteiger charge is 2.47. The van der Waals surface area contributed by atoms with Gasteiger partial charge in [-0.05, 0) is 53.4 Å². The normalized spacial score (nSPS) is 17.8. The number of amides is 2. The van der Waals surface area contributed by atoms with Crippen LogP contribution in [0.3, 0.4) is 0 Å². The molecule has 2 aromatic carbocycles. The van der Waals surface area contributed by atoms with Crippen LogP contribution in [-0.4, -0.2) is 45.8 Å². The van der Waals surface area contributed by atoms with Gasteiger partial charge < -0.3 is 9.47 Å². The van der Waals surface area contributed by atoms with Crippen molar-refractivity contribution in [2.45, 2.75) is 28.1 Å². The van der Waals surface area contributed by atoms with E-state index in [2.05, 4.69) is 0 Å². The van der Waals surface area contributed by atoms with E-state index < -0.39 is 37.9 Å². The predicted octanol–water partition coefficient (Wildman–Crippen LogP) is 1.65. The number of hydrogen-bond acceptors (Lipinski definition) is 9. The minimum atomic E-state index is -4.16. The van der Waals surface area contributed by atoms with Gasteiger partial charge in [-0.2, -0.15) is 4.31 Å². The zero-order chi connectivity index (χ0) is 25.7. The molecule has 5 rings (SSSR count). The van der Waals surface area contributed by atoms with Crippen LogP contribution in [0.5, 0.6) is 11.5 Å². The first-order valence-corrected chi connectivity index (χ1v) is 14.4. The smallest absolute Gasteiger partial charge is 0.253 e. The molecule has 14 heteroatoms. The third-order valence-electron chi connectivity index (χ3n) is 5.73. The molecule has 0 bridgehead atoms. The van der Waals surface area contributed by atoms with E-state index >= 15 is 0 Å². The van der Waals surface area contributed by atoms with Crippen molar-refractivity contribution in [3.8, 4) is 11.5 Å². The highest BCUT2D eigenvalue weighted by Crippen LogP contribution is 2.36. The predicted molar refractivity (Wildman–Crippen MR) is 128 cm³/mol. The van der Waals surface area contributed by atoms with E-state index in [1.54, 1.807) is 29.6 Å². The number of carbonyl (C=O) groups is 2. The molecule has 1 atom stereocenters. The maximum atomic E-state index is 13.6. The minimum Gasteiger partial charge on any atom is -0.454 e. The molecule has 3 aromatic rings. The van der Waals surface area contributed by atoms with E-state index in [1.807, 2.05) is 0 Å². The lowest BCUT2D eigenvalue weighted by atomic mass is 10.1. The number of nitrogens with two attached hydrogens (primary N) is 1. The Labute approximate surface area is 210 Å². The molecule has 1 aromatic heterocycles. The fourth-order valence-electron chi connectivity index (χ4n) is 4.00. The van der Waals surface area contributed by atoms with Gasteiger partial charge in [-0.25, -0.2) is 26.9 Å². The Morgan fingerprint density at radius 2 is 1.72 bits per heavy atom. The summed E-state index contributed by atoms with van der Waals surface area (Å²) >= 11 is 0.998. The summed E-state index contributed by atoms with van der Waals surface area (Å²) in [5.74, 6) is -0.395. The van der Waals surface area contributed by atoms with Crippen LogP contribution in [0.2, 0.25) is 0 Å². The number of anilines is 1. The fraction of sp³-hybridized carbons (Fsp3) is 0.182. The molecule has 2 amide bonds. The second-order valence-corrected chi connectivity index (χ2v) is 12.6. The molecule has 188 valence electrons. The van der Waals surface area contributed by atoms with Crippen molar-refractivity contribution in [3.05, 3.63) is 65.5 Å². The van der Waals surface area contributed by atoms with Gasteiger partial charge in [0.2, 0.25) is 22.7 Å². The second kappa shape index (κ2) is 8.97. The van der Waals surface area contributed by atoms with Crippen molar-refractivity contribution in [1.82, 2.24) is 4.31 Å². The molecule has 11 nitrogen and oxygen atoms in total. The summed E-state index contributed by atoms with van der Waals surface area (Å²) in [6.07, 6.45) is -0.384. The lowest BCUT2D eigenvalue weighted by molar-refractivity contribution is -0.122. The van der Waals surface area contributed by atoms with Crippen LogP contribution in [0.15, 0.2) is 69.1 Å². The molecule has 1 saturated heterocycles. The van der Waals surface area contributed by atoms with Gasteiger partial charge in [-0.1, -0.05) is 12.1 Å². The van der Waals surface area contributed by atoms with Gasteiger partial charge in [0.25, 0.3) is 15.9 Å². The summed E-state index contributed by atoms with van der Waals surface area (Å²) in [6, 6.07) is 11.5. The summed E-state index contributed by atoms with van der Waals surface area (Å²) in [4.78, 5) is 27.0. The van der Waals surface area contributed by atoms with Crippen LogP contribution in [-0.2, 0) is 36.2 Å². The number of primary sulfonamides is 1. The van der Waals surface area contributed by atoms with E-state index in [1.165, 1.54) is 30.3 Å². The molecule has 1 fully saturated rings. The number of fused-ring (bicyclic) bond motifs is 1. The topological polar surface area (TPSA) is 153 Å². The summed E-state index contributed by atoms with van der Waals surface area (Å²) in [7, 11) is -8.13. The van der Waals surface area contributed by atoms with Crippen LogP contribution in [0, 0.1) is 0 Å². The van der Waals surface area contributed by atoms with Gasteiger partial charge in [0.05, 0.1) is 17.0 Å². The summed E-state index contributed by atoms with van der Waals surface area (Å²) in [6.45, 7) is -0.149. The Hall–Kier alpha value is -3.30. The van der Waals surface area contributed by atoms with E-state index in [0.29, 0.717) is 17.1 Å². The third-order valence-corrected chi connectivity index (χ3v) is 9.88. The number of ether oxygens (including phenoxy) is 2. The van der Waals surface area contributed by atoms with Gasteiger partial charge >= 0.3 is 0 Å². The standard InChI is InChI=1S/C22H19N3O8S3/c23-35(28,29)16-6-4-15(5-7-16)25-20(26)11-17(22(25)27)24(36(30,31)21-2-1-9-34-21)12-14-3-8-18-19(10-14)33-13-32-18/h1-10,17H,11-13H2,(H2,23,28,29). The van der Waals surface area contributed by atoms with Crippen molar-refractivity contribution in [3.63, 3.8) is 0 Å². The van der Waals surface area contributed by atoms with Gasteiger partial charge in [0.1, 0.15) is 10.3 Å². The number of carbonyl (C=O) groups excluding carboxylic acids is 2. The number of sulfonamides is 2. The molecule has 36 heavy (non-hydrogen) atoms. The Balaban J connectivity index is 1.50. The second-order valence-electron chi connectivity index (χ2n) is 8.00. The number of thiophene rings is 1. The van der Waals surface area contributed by atoms with E-state index in [-0.39, 0.29) is 34.6 Å². The summed E-state index contributed by atoms with van der Waals surface area (Å²) in [5, 5.41) is 6.72. The summed E-state index contributed by atoms with van der Waals surface area (Å²) < 4.78 is 62.0. The van der Waals surface area contributed by atoms with Gasteiger partial charge in [-0.15, -0.1) is 11.3 Å². The van der Waals surface area contributed by atoms with Crippen molar-refractivity contribution in [2.75, 3.05) is 11.7 Å². The monoisotopic (exact) mass is 549 g/mol. The number of hydrogen-bond donors (Lipinski definition) is 1. The van der Waals surface area contributed by atoms with Crippen molar-refractivity contribution < 1.29 is 35.9 Å². The van der Waals surface area contributed by atoms with Crippen LogP contribution in [0.25, 0.3) is 0 Å². The van der Waals surface area contributed by atoms with Crippen molar-refractivity contribution in [2.24, 2.45) is 5.14 Å². The average molecular weight is 550 g/mol. The van der Waals surface area contributed by atoms with Gasteiger partial charge in [0.15, 0.2) is 11.5 Å². The largest absolute Gasteiger partial charge is 0.454 e. The number of nitrogens with zero attached hydrogens (tertiary/aromatic N) is 2. The Kier molecular flexibility index (Phi) is 6.08. The van der Waals surface area contributed by atoms with Crippen molar-refractivity contribution in [1.29, 1.82) is 0 Å². The highest BCUT2D eigenvalue weighted by molar-refractivity contribution is 7.91. The van der Waals surface area contributed by atoms with Crippen LogP contribution in [0.4, 0.5) is 5.69 Å². The highest BCUT2D eigenvalue weighted by atomic mass is 32.2. The van der Waals surface area contributed by atoms with Crippen molar-refractivity contribution >= 4 is 48.9 Å². The summed E-state index contributed by atoms with van der Waals surface area (Å²) in [5.41, 5.74) is 0.645. The Bertz CT molecular complexity index is 1550.